The van der Waals surface area contributed by atoms with E-state index in [0.29, 0.717) is 0 Å². The Kier molecular flexibility index (Phi) is 4.02. The SMILES string of the molecule is CC(C)(C)OC(=O)NCc1ccoc1S(=O)(=O)O. The van der Waals surface area contributed by atoms with Gasteiger partial charge in [0.1, 0.15) is 5.60 Å². The molecule has 0 bridgehead atoms. The predicted octanol–water partition coefficient (Wildman–Crippen LogP) is 1.55. The van der Waals surface area contributed by atoms with Crippen LogP contribution in [0.4, 0.5) is 4.79 Å². The van der Waals surface area contributed by atoms with Crippen LogP contribution in [0.5, 0.6) is 0 Å². The summed E-state index contributed by atoms with van der Waals surface area (Å²) in [5, 5.41) is 1.77. The molecule has 2 N–H and O–H groups in total. The van der Waals surface area contributed by atoms with Crippen LogP contribution in [0.2, 0.25) is 0 Å². The van der Waals surface area contributed by atoms with E-state index in [2.05, 4.69) is 9.73 Å². The molecule has 1 heterocycles. The van der Waals surface area contributed by atoms with Crippen molar-refractivity contribution in [2.45, 2.75) is 38.0 Å². The van der Waals surface area contributed by atoms with Crippen molar-refractivity contribution in [3.8, 4) is 0 Å². The zero-order valence-electron chi connectivity index (χ0n) is 10.3. The van der Waals surface area contributed by atoms with Crippen LogP contribution in [0.25, 0.3) is 0 Å². The van der Waals surface area contributed by atoms with Crippen molar-refractivity contribution in [3.05, 3.63) is 17.9 Å². The summed E-state index contributed by atoms with van der Waals surface area (Å²) in [7, 11) is -4.43. The minimum absolute atomic E-state index is 0.124. The van der Waals surface area contributed by atoms with Crippen LogP contribution in [-0.4, -0.2) is 24.7 Å². The first-order valence-corrected chi connectivity index (χ1v) is 6.54. The molecule has 1 amide bonds. The maximum absolute atomic E-state index is 11.3. The van der Waals surface area contributed by atoms with Gasteiger partial charge in [0.25, 0.3) is 0 Å². The molecule has 0 saturated heterocycles. The van der Waals surface area contributed by atoms with Gasteiger partial charge in [0.15, 0.2) is 0 Å². The van der Waals surface area contributed by atoms with Crippen molar-refractivity contribution in [1.29, 1.82) is 0 Å². The third-order valence-electron chi connectivity index (χ3n) is 1.76. The van der Waals surface area contributed by atoms with Crippen LogP contribution in [0.15, 0.2) is 21.8 Å². The molecule has 0 aliphatic carbocycles. The standard InChI is InChI=1S/C10H15NO6S/c1-10(2,3)17-9(12)11-6-7-4-5-16-8(7)18(13,14)15/h4-5H,6H2,1-3H3,(H,11,12)(H,13,14,15). The summed E-state index contributed by atoms with van der Waals surface area (Å²) in [5.74, 6) is 0. The maximum atomic E-state index is 11.3. The van der Waals surface area contributed by atoms with Crippen LogP contribution in [0.1, 0.15) is 26.3 Å². The number of carbonyl (C=O) groups excluding carboxylic acids is 1. The maximum Gasteiger partial charge on any atom is 0.407 e. The number of amides is 1. The highest BCUT2D eigenvalue weighted by molar-refractivity contribution is 7.85. The second kappa shape index (κ2) is 4.99. The van der Waals surface area contributed by atoms with Crippen molar-refractivity contribution in [1.82, 2.24) is 5.32 Å². The van der Waals surface area contributed by atoms with Gasteiger partial charge < -0.3 is 14.5 Å². The molecule has 1 aromatic rings. The summed E-state index contributed by atoms with van der Waals surface area (Å²) in [6.45, 7) is 4.98. The van der Waals surface area contributed by atoms with E-state index in [1.807, 2.05) is 0 Å². The third kappa shape index (κ3) is 4.38. The molecular formula is C10H15NO6S. The third-order valence-corrected chi connectivity index (χ3v) is 2.59. The van der Waals surface area contributed by atoms with Gasteiger partial charge in [-0.1, -0.05) is 0 Å². The Hall–Kier alpha value is -1.54. The van der Waals surface area contributed by atoms with E-state index >= 15 is 0 Å². The van der Waals surface area contributed by atoms with Gasteiger partial charge >= 0.3 is 16.2 Å². The first-order chi connectivity index (χ1) is 8.09. The fraction of sp³-hybridized carbons (Fsp3) is 0.500. The number of carbonyl (C=O) groups is 1. The quantitative estimate of drug-likeness (QED) is 0.812. The smallest absolute Gasteiger partial charge is 0.407 e. The molecule has 0 aliphatic heterocycles. The van der Waals surface area contributed by atoms with Crippen molar-refractivity contribution in [2.75, 3.05) is 0 Å². The zero-order chi connectivity index (χ0) is 14.0. The molecule has 7 nitrogen and oxygen atoms in total. The number of hydrogen-bond acceptors (Lipinski definition) is 5. The van der Waals surface area contributed by atoms with E-state index in [9.17, 15) is 13.2 Å². The molecule has 0 atom stereocenters. The highest BCUT2D eigenvalue weighted by Crippen LogP contribution is 2.16. The minimum atomic E-state index is -4.43. The van der Waals surface area contributed by atoms with Crippen molar-refractivity contribution in [2.24, 2.45) is 0 Å². The van der Waals surface area contributed by atoms with E-state index < -0.39 is 26.9 Å². The Morgan fingerprint density at radius 1 is 1.50 bits per heavy atom. The summed E-state index contributed by atoms with van der Waals surface area (Å²) in [4.78, 5) is 11.3. The van der Waals surface area contributed by atoms with Gasteiger partial charge in [0.2, 0.25) is 5.09 Å². The summed E-state index contributed by atoms with van der Waals surface area (Å²) >= 11 is 0. The summed E-state index contributed by atoms with van der Waals surface area (Å²) in [6.07, 6.45) is 0.417. The molecule has 0 saturated carbocycles. The highest BCUT2D eigenvalue weighted by Gasteiger charge is 2.21. The molecule has 0 aromatic carbocycles. The second-order valence-electron chi connectivity index (χ2n) is 4.56. The number of alkyl carbamates (subject to hydrolysis) is 1. The number of furan rings is 1. The number of nitrogens with one attached hydrogen (secondary N) is 1. The molecule has 0 spiro atoms. The first-order valence-electron chi connectivity index (χ1n) is 5.10. The lowest BCUT2D eigenvalue weighted by atomic mass is 10.2. The van der Waals surface area contributed by atoms with Crippen LogP contribution in [0.3, 0.4) is 0 Å². The Balaban J connectivity index is 2.66. The van der Waals surface area contributed by atoms with Gasteiger partial charge in [-0.15, -0.1) is 0 Å². The molecule has 1 aromatic heterocycles. The lowest BCUT2D eigenvalue weighted by Crippen LogP contribution is -2.32. The van der Waals surface area contributed by atoms with E-state index in [4.69, 9.17) is 9.29 Å². The molecular weight excluding hydrogens is 262 g/mol. The highest BCUT2D eigenvalue weighted by atomic mass is 32.2. The van der Waals surface area contributed by atoms with Crippen molar-refractivity contribution in [3.63, 3.8) is 0 Å². The fourth-order valence-corrected chi connectivity index (χ4v) is 1.81. The van der Waals surface area contributed by atoms with Gasteiger partial charge in [-0.3, -0.25) is 4.55 Å². The minimum Gasteiger partial charge on any atom is -0.451 e. The molecule has 0 radical (unpaired) electrons. The lowest BCUT2D eigenvalue weighted by Gasteiger charge is -2.19. The van der Waals surface area contributed by atoms with Gasteiger partial charge in [0, 0.05) is 5.56 Å². The van der Waals surface area contributed by atoms with Crippen LogP contribution >= 0.6 is 0 Å². The molecule has 102 valence electrons. The Morgan fingerprint density at radius 3 is 2.61 bits per heavy atom. The molecule has 8 heteroatoms. The molecule has 0 fully saturated rings. The van der Waals surface area contributed by atoms with Gasteiger partial charge in [-0.2, -0.15) is 8.42 Å². The molecule has 0 unspecified atom stereocenters. The fourth-order valence-electron chi connectivity index (χ4n) is 1.16. The van der Waals surface area contributed by atoms with Gasteiger partial charge in [-0.25, -0.2) is 4.79 Å². The molecule has 18 heavy (non-hydrogen) atoms. The van der Waals surface area contributed by atoms with Crippen molar-refractivity contribution >= 4 is 16.2 Å². The van der Waals surface area contributed by atoms with Crippen molar-refractivity contribution < 1.29 is 26.9 Å². The molecule has 0 aliphatic rings. The topological polar surface area (TPSA) is 106 Å². The largest absolute Gasteiger partial charge is 0.451 e. The lowest BCUT2D eigenvalue weighted by molar-refractivity contribution is 0.0522. The second-order valence-corrected chi connectivity index (χ2v) is 5.88. The van der Waals surface area contributed by atoms with Gasteiger partial charge in [0.05, 0.1) is 12.8 Å². The average Bonchev–Trinajstić information content (AvgIpc) is 2.58. The van der Waals surface area contributed by atoms with E-state index in [0.717, 1.165) is 6.26 Å². The van der Waals surface area contributed by atoms with E-state index in [1.54, 1.807) is 20.8 Å². The Morgan fingerprint density at radius 2 is 2.11 bits per heavy atom. The summed E-state index contributed by atoms with van der Waals surface area (Å²) in [6, 6.07) is 1.33. The van der Waals surface area contributed by atoms with E-state index in [1.165, 1.54) is 6.07 Å². The number of rotatable bonds is 3. The first kappa shape index (κ1) is 14.5. The van der Waals surface area contributed by atoms with E-state index in [-0.39, 0.29) is 12.1 Å². The van der Waals surface area contributed by atoms with Crippen LogP contribution in [-0.2, 0) is 21.4 Å². The Bertz CT molecular complexity index is 525. The average molecular weight is 277 g/mol. The number of ether oxygens (including phenoxy) is 1. The number of hydrogen-bond donors (Lipinski definition) is 2. The monoisotopic (exact) mass is 277 g/mol. The summed E-state index contributed by atoms with van der Waals surface area (Å²) in [5.41, 5.74) is -0.504. The normalized spacial score (nSPS) is 12.2. The Labute approximate surface area is 105 Å². The zero-order valence-corrected chi connectivity index (χ0v) is 11.1. The van der Waals surface area contributed by atoms with Gasteiger partial charge in [-0.05, 0) is 26.8 Å². The predicted molar refractivity (Wildman–Crippen MR) is 61.6 cm³/mol. The molecule has 1 rings (SSSR count). The van der Waals surface area contributed by atoms with Crippen LogP contribution in [0, 0.1) is 0 Å². The summed E-state index contributed by atoms with van der Waals surface area (Å²) < 4.78 is 40.3. The van der Waals surface area contributed by atoms with Crippen LogP contribution < -0.4 is 5.32 Å².